The Hall–Kier alpha value is -1.35. The van der Waals surface area contributed by atoms with Crippen molar-refractivity contribution in [2.24, 2.45) is 5.73 Å². The minimum Gasteiger partial charge on any atom is -0.326 e. The first kappa shape index (κ1) is 14.6. The van der Waals surface area contributed by atoms with E-state index in [1.165, 1.54) is 16.7 Å². The highest BCUT2D eigenvalue weighted by atomic mass is 35.5. The van der Waals surface area contributed by atoms with E-state index < -0.39 is 0 Å². The van der Waals surface area contributed by atoms with Crippen LogP contribution in [0.4, 0.5) is 0 Å². The van der Waals surface area contributed by atoms with Crippen molar-refractivity contribution in [1.29, 1.82) is 0 Å². The van der Waals surface area contributed by atoms with E-state index in [1.807, 2.05) is 18.2 Å². The van der Waals surface area contributed by atoms with Crippen LogP contribution in [0, 0.1) is 0 Å². The van der Waals surface area contributed by atoms with Crippen molar-refractivity contribution in [1.82, 2.24) is 4.90 Å². The predicted octanol–water partition coefficient (Wildman–Crippen LogP) is 4.13. The summed E-state index contributed by atoms with van der Waals surface area (Å²) in [5, 5.41) is 0.775. The van der Waals surface area contributed by atoms with E-state index in [0.717, 1.165) is 24.5 Å². The summed E-state index contributed by atoms with van der Waals surface area (Å²) in [6.07, 6.45) is 0.948. The molecule has 0 radical (unpaired) electrons. The predicted molar refractivity (Wildman–Crippen MR) is 88.1 cm³/mol. The highest BCUT2D eigenvalue weighted by Gasteiger charge is 2.30. The van der Waals surface area contributed by atoms with Crippen LogP contribution in [0.2, 0.25) is 5.02 Å². The van der Waals surface area contributed by atoms with Crippen molar-refractivity contribution in [3.63, 3.8) is 0 Å². The molecular weight excluding hydrogens is 280 g/mol. The smallest absolute Gasteiger partial charge is 0.0506 e. The zero-order valence-electron chi connectivity index (χ0n) is 12.3. The van der Waals surface area contributed by atoms with Crippen LogP contribution in [-0.4, -0.2) is 10.9 Å². The van der Waals surface area contributed by atoms with Gasteiger partial charge in [-0.2, -0.15) is 0 Å². The molecule has 110 valence electrons. The van der Waals surface area contributed by atoms with Crippen LogP contribution < -0.4 is 5.73 Å². The van der Waals surface area contributed by atoms with Gasteiger partial charge in [0.1, 0.15) is 0 Å². The first-order valence-corrected chi connectivity index (χ1v) is 7.88. The maximum atomic E-state index is 6.43. The third-order valence-corrected chi connectivity index (χ3v) is 4.56. The fourth-order valence-electron chi connectivity index (χ4n) is 3.20. The Morgan fingerprint density at radius 3 is 2.33 bits per heavy atom. The van der Waals surface area contributed by atoms with Crippen LogP contribution in [0.5, 0.6) is 0 Å². The summed E-state index contributed by atoms with van der Waals surface area (Å²) >= 11 is 6.17. The van der Waals surface area contributed by atoms with Gasteiger partial charge in [-0.15, -0.1) is 0 Å². The maximum absolute atomic E-state index is 6.43. The van der Waals surface area contributed by atoms with Crippen LogP contribution in [0.25, 0.3) is 0 Å². The van der Waals surface area contributed by atoms with Crippen molar-refractivity contribution in [2.45, 2.75) is 38.5 Å². The molecule has 0 spiro atoms. The number of hydrogen-bond donors (Lipinski definition) is 1. The molecule has 0 saturated carbocycles. The fourth-order valence-corrected chi connectivity index (χ4v) is 3.40. The Morgan fingerprint density at radius 2 is 1.76 bits per heavy atom. The molecule has 2 nitrogen and oxygen atoms in total. The second-order valence-electron chi connectivity index (χ2n) is 5.75. The molecule has 0 fully saturated rings. The zero-order chi connectivity index (χ0) is 14.8. The first-order chi connectivity index (χ1) is 10.2. The van der Waals surface area contributed by atoms with Gasteiger partial charge in [0.2, 0.25) is 0 Å². The van der Waals surface area contributed by atoms with E-state index in [2.05, 4.69) is 42.2 Å². The van der Waals surface area contributed by atoms with Crippen molar-refractivity contribution < 1.29 is 0 Å². The number of fused-ring (bicyclic) bond motifs is 1. The monoisotopic (exact) mass is 300 g/mol. The standard InChI is InChI=1S/C18H21ClN2/c1-2-17(20)18(13-8-5-9-16(19)10-13)21-11-14-6-3-4-7-15(14)12-21/h3-10,17-18H,2,11-12,20H2,1H3. The number of benzene rings is 2. The average molecular weight is 301 g/mol. The largest absolute Gasteiger partial charge is 0.326 e. The lowest BCUT2D eigenvalue weighted by Gasteiger charge is -2.32. The molecule has 0 aliphatic carbocycles. The summed E-state index contributed by atoms with van der Waals surface area (Å²) in [6.45, 7) is 4.06. The van der Waals surface area contributed by atoms with E-state index in [9.17, 15) is 0 Å². The number of nitrogens with zero attached hydrogens (tertiary/aromatic N) is 1. The molecule has 0 aromatic heterocycles. The number of rotatable bonds is 4. The third-order valence-electron chi connectivity index (χ3n) is 4.33. The molecule has 2 aromatic rings. The molecule has 1 heterocycles. The molecule has 2 aromatic carbocycles. The van der Waals surface area contributed by atoms with Gasteiger partial charge in [0.25, 0.3) is 0 Å². The molecular formula is C18H21ClN2. The van der Waals surface area contributed by atoms with Crippen molar-refractivity contribution in [3.05, 3.63) is 70.2 Å². The zero-order valence-corrected chi connectivity index (χ0v) is 13.1. The molecule has 0 amide bonds. The average Bonchev–Trinajstić information content (AvgIpc) is 2.90. The summed E-state index contributed by atoms with van der Waals surface area (Å²) in [7, 11) is 0. The lowest BCUT2D eigenvalue weighted by Crippen LogP contribution is -2.38. The second-order valence-corrected chi connectivity index (χ2v) is 6.18. The van der Waals surface area contributed by atoms with Gasteiger partial charge in [-0.3, -0.25) is 4.90 Å². The molecule has 2 atom stereocenters. The van der Waals surface area contributed by atoms with Crippen LogP contribution in [0.15, 0.2) is 48.5 Å². The van der Waals surface area contributed by atoms with Gasteiger partial charge in [0.05, 0.1) is 6.04 Å². The molecule has 2 unspecified atom stereocenters. The minimum atomic E-state index is 0.109. The first-order valence-electron chi connectivity index (χ1n) is 7.51. The third kappa shape index (κ3) is 2.98. The van der Waals surface area contributed by atoms with Gasteiger partial charge in [-0.1, -0.05) is 54.9 Å². The van der Waals surface area contributed by atoms with E-state index in [1.54, 1.807) is 0 Å². The molecule has 0 saturated heterocycles. The molecule has 3 heteroatoms. The molecule has 0 bridgehead atoms. The number of halogens is 1. The Morgan fingerprint density at radius 1 is 1.10 bits per heavy atom. The maximum Gasteiger partial charge on any atom is 0.0506 e. The Kier molecular flexibility index (Phi) is 4.29. The molecule has 1 aliphatic heterocycles. The number of hydrogen-bond acceptors (Lipinski definition) is 2. The van der Waals surface area contributed by atoms with Crippen molar-refractivity contribution >= 4 is 11.6 Å². The highest BCUT2D eigenvalue weighted by Crippen LogP contribution is 2.34. The van der Waals surface area contributed by atoms with Gasteiger partial charge < -0.3 is 5.73 Å². The van der Waals surface area contributed by atoms with E-state index in [4.69, 9.17) is 17.3 Å². The van der Waals surface area contributed by atoms with Crippen LogP contribution in [0.3, 0.4) is 0 Å². The molecule has 3 rings (SSSR count). The van der Waals surface area contributed by atoms with E-state index >= 15 is 0 Å². The molecule has 1 aliphatic rings. The van der Waals surface area contributed by atoms with Crippen LogP contribution >= 0.6 is 11.6 Å². The van der Waals surface area contributed by atoms with E-state index in [0.29, 0.717) is 0 Å². The van der Waals surface area contributed by atoms with Crippen LogP contribution in [0.1, 0.15) is 36.1 Å². The van der Waals surface area contributed by atoms with Crippen molar-refractivity contribution in [3.8, 4) is 0 Å². The number of nitrogens with two attached hydrogens (primary N) is 1. The quantitative estimate of drug-likeness (QED) is 0.920. The lowest BCUT2D eigenvalue weighted by atomic mass is 9.96. The second kappa shape index (κ2) is 6.18. The SMILES string of the molecule is CCC(N)C(c1cccc(Cl)c1)N1Cc2ccccc2C1. The summed E-state index contributed by atoms with van der Waals surface area (Å²) in [4.78, 5) is 2.46. The summed E-state index contributed by atoms with van der Waals surface area (Å²) in [6, 6.07) is 17.1. The van der Waals surface area contributed by atoms with Crippen molar-refractivity contribution in [2.75, 3.05) is 0 Å². The molecule has 21 heavy (non-hydrogen) atoms. The Bertz CT molecular complexity index is 601. The molecule has 2 N–H and O–H groups in total. The van der Waals surface area contributed by atoms with Gasteiger partial charge in [0, 0.05) is 24.2 Å². The summed E-state index contributed by atoms with van der Waals surface area (Å²) in [5.74, 6) is 0. The van der Waals surface area contributed by atoms with Crippen LogP contribution in [-0.2, 0) is 13.1 Å². The van der Waals surface area contributed by atoms with Gasteiger partial charge >= 0.3 is 0 Å². The Labute approximate surface area is 131 Å². The lowest BCUT2D eigenvalue weighted by molar-refractivity contribution is 0.170. The van der Waals surface area contributed by atoms with Gasteiger partial charge in [0.15, 0.2) is 0 Å². The van der Waals surface area contributed by atoms with E-state index in [-0.39, 0.29) is 12.1 Å². The fraction of sp³-hybridized carbons (Fsp3) is 0.333. The minimum absolute atomic E-state index is 0.109. The highest BCUT2D eigenvalue weighted by molar-refractivity contribution is 6.30. The topological polar surface area (TPSA) is 29.3 Å². The van der Waals surface area contributed by atoms with Gasteiger partial charge in [-0.25, -0.2) is 0 Å². The summed E-state index contributed by atoms with van der Waals surface area (Å²) < 4.78 is 0. The Balaban J connectivity index is 1.91. The summed E-state index contributed by atoms with van der Waals surface area (Å²) in [5.41, 5.74) is 10.5. The van der Waals surface area contributed by atoms with Gasteiger partial charge in [-0.05, 0) is 35.2 Å². The normalized spacial score (nSPS) is 17.5.